The van der Waals surface area contributed by atoms with Gasteiger partial charge in [0.1, 0.15) is 17.7 Å². The predicted octanol–water partition coefficient (Wildman–Crippen LogP) is 3.59. The Morgan fingerprint density at radius 3 is 2.26 bits per heavy atom. The fourth-order valence-electron chi connectivity index (χ4n) is 4.31. The molecule has 1 aliphatic rings. The third-order valence-electron chi connectivity index (χ3n) is 6.31. The van der Waals surface area contributed by atoms with E-state index in [1.54, 1.807) is 11.8 Å². The number of benzene rings is 2. The molecule has 0 bridgehead atoms. The molecule has 4 rings (SSSR count). The van der Waals surface area contributed by atoms with Gasteiger partial charge in [0, 0.05) is 43.0 Å². The molecule has 1 amide bonds. The number of para-hydroxylation sites is 1. The summed E-state index contributed by atoms with van der Waals surface area (Å²) in [5, 5.41) is 4.19. The van der Waals surface area contributed by atoms with Crippen LogP contribution < -0.4 is 11.1 Å². The minimum atomic E-state index is -0.486. The second-order valence-corrected chi connectivity index (χ2v) is 10.1. The maximum atomic E-state index is 12.0. The standard InChI is InChI=1S/C26H34N6OS/c1-18(2)24(25(27)33)30-26-21-6-4-5-7-22(21)28-23(29-26)17-32-14-12-31(13-15-32)16-19-8-10-20(34-3)11-9-19/h4-11,18,24H,12-17H2,1-3H3,(H2,27,33)(H,28,29,30)/t24-/m0/s1. The maximum absolute atomic E-state index is 12.0. The van der Waals surface area contributed by atoms with E-state index in [2.05, 4.69) is 45.6 Å². The van der Waals surface area contributed by atoms with Crippen molar-refractivity contribution in [2.45, 2.75) is 37.9 Å². The molecule has 0 unspecified atom stereocenters. The van der Waals surface area contributed by atoms with Gasteiger partial charge in [0.25, 0.3) is 0 Å². The number of amides is 1. The first-order valence-electron chi connectivity index (χ1n) is 11.8. The fraction of sp³-hybridized carbons (Fsp3) is 0.423. The Hall–Kier alpha value is -2.68. The Labute approximate surface area is 206 Å². The van der Waals surface area contributed by atoms with E-state index < -0.39 is 6.04 Å². The first-order chi connectivity index (χ1) is 16.4. The molecular weight excluding hydrogens is 444 g/mol. The van der Waals surface area contributed by atoms with E-state index >= 15 is 0 Å². The lowest BCUT2D eigenvalue weighted by Gasteiger charge is -2.34. The van der Waals surface area contributed by atoms with Gasteiger partial charge in [-0.2, -0.15) is 0 Å². The fourth-order valence-corrected chi connectivity index (χ4v) is 4.72. The largest absolute Gasteiger partial charge is 0.368 e. The van der Waals surface area contributed by atoms with Gasteiger partial charge in [0.05, 0.1) is 12.1 Å². The monoisotopic (exact) mass is 478 g/mol. The van der Waals surface area contributed by atoms with Crippen LogP contribution in [0.15, 0.2) is 53.4 Å². The van der Waals surface area contributed by atoms with E-state index in [1.807, 2.05) is 38.1 Å². The van der Waals surface area contributed by atoms with Gasteiger partial charge in [0.15, 0.2) is 0 Å². The topological polar surface area (TPSA) is 87.4 Å². The van der Waals surface area contributed by atoms with E-state index in [0.29, 0.717) is 12.4 Å². The highest BCUT2D eigenvalue weighted by Gasteiger charge is 2.22. The molecule has 0 aliphatic carbocycles. The molecule has 0 saturated carbocycles. The van der Waals surface area contributed by atoms with E-state index in [4.69, 9.17) is 15.7 Å². The average Bonchev–Trinajstić information content (AvgIpc) is 2.83. The Bertz CT molecular complexity index is 1110. The van der Waals surface area contributed by atoms with Crippen molar-refractivity contribution < 1.29 is 4.79 Å². The summed E-state index contributed by atoms with van der Waals surface area (Å²) in [6, 6.07) is 16.3. The summed E-state index contributed by atoms with van der Waals surface area (Å²) < 4.78 is 0. The van der Waals surface area contributed by atoms with Crippen LogP contribution in [0.4, 0.5) is 5.82 Å². The summed E-state index contributed by atoms with van der Waals surface area (Å²) in [4.78, 5) is 27.8. The SMILES string of the molecule is CSc1ccc(CN2CCN(Cc3nc(N[C@H](C(N)=O)C(C)C)c4ccccc4n3)CC2)cc1. The zero-order valence-corrected chi connectivity index (χ0v) is 21.0. The van der Waals surface area contributed by atoms with Crippen LogP contribution in [-0.4, -0.2) is 64.2 Å². The molecule has 8 heteroatoms. The van der Waals surface area contributed by atoms with Crippen LogP contribution in [0.3, 0.4) is 0 Å². The molecule has 2 heterocycles. The lowest BCUT2D eigenvalue weighted by Crippen LogP contribution is -2.45. The Morgan fingerprint density at radius 1 is 1.00 bits per heavy atom. The Kier molecular flexibility index (Phi) is 8.03. The lowest BCUT2D eigenvalue weighted by molar-refractivity contribution is -0.119. The van der Waals surface area contributed by atoms with Crippen LogP contribution in [0, 0.1) is 5.92 Å². The number of piperazine rings is 1. The number of nitrogens with zero attached hydrogens (tertiary/aromatic N) is 4. The number of carbonyl (C=O) groups is 1. The summed E-state index contributed by atoms with van der Waals surface area (Å²) in [7, 11) is 0. The minimum absolute atomic E-state index is 0.0553. The normalized spacial score (nSPS) is 16.1. The number of carbonyl (C=O) groups excluding carboxylic acids is 1. The zero-order chi connectivity index (χ0) is 24.1. The molecule has 2 aromatic carbocycles. The van der Waals surface area contributed by atoms with Crippen molar-refractivity contribution >= 4 is 34.4 Å². The van der Waals surface area contributed by atoms with Crippen molar-refractivity contribution in [2.24, 2.45) is 11.7 Å². The van der Waals surface area contributed by atoms with Crippen molar-refractivity contribution in [3.8, 4) is 0 Å². The van der Waals surface area contributed by atoms with Gasteiger partial charge in [-0.3, -0.25) is 14.6 Å². The number of aromatic nitrogens is 2. The molecule has 1 saturated heterocycles. The number of anilines is 1. The van der Waals surface area contributed by atoms with Crippen LogP contribution >= 0.6 is 11.8 Å². The number of hydrogen-bond donors (Lipinski definition) is 2. The highest BCUT2D eigenvalue weighted by molar-refractivity contribution is 7.98. The van der Waals surface area contributed by atoms with Crippen molar-refractivity contribution in [2.75, 3.05) is 37.8 Å². The first-order valence-corrected chi connectivity index (χ1v) is 13.0. The van der Waals surface area contributed by atoms with Crippen molar-refractivity contribution in [1.82, 2.24) is 19.8 Å². The molecule has 1 aromatic heterocycles. The molecule has 1 aliphatic heterocycles. The summed E-state index contributed by atoms with van der Waals surface area (Å²) in [5.41, 5.74) is 7.87. The van der Waals surface area contributed by atoms with Crippen LogP contribution in [-0.2, 0) is 17.9 Å². The average molecular weight is 479 g/mol. The molecule has 180 valence electrons. The molecule has 3 aromatic rings. The summed E-state index contributed by atoms with van der Waals surface area (Å²) >= 11 is 1.77. The molecule has 1 fully saturated rings. The second kappa shape index (κ2) is 11.2. The lowest BCUT2D eigenvalue weighted by atomic mass is 10.0. The highest BCUT2D eigenvalue weighted by atomic mass is 32.2. The number of hydrogen-bond acceptors (Lipinski definition) is 7. The van der Waals surface area contributed by atoms with Crippen molar-refractivity contribution in [3.63, 3.8) is 0 Å². The van der Waals surface area contributed by atoms with Crippen LogP contribution in [0.25, 0.3) is 10.9 Å². The Morgan fingerprint density at radius 2 is 1.65 bits per heavy atom. The van der Waals surface area contributed by atoms with Gasteiger partial charge < -0.3 is 11.1 Å². The van der Waals surface area contributed by atoms with E-state index in [0.717, 1.165) is 49.5 Å². The van der Waals surface area contributed by atoms with Gasteiger partial charge in [-0.15, -0.1) is 11.8 Å². The van der Waals surface area contributed by atoms with Gasteiger partial charge in [-0.05, 0) is 42.0 Å². The third kappa shape index (κ3) is 6.05. The van der Waals surface area contributed by atoms with Gasteiger partial charge >= 0.3 is 0 Å². The third-order valence-corrected chi connectivity index (χ3v) is 7.05. The number of nitrogens with two attached hydrogens (primary N) is 1. The molecular formula is C26H34N6OS. The van der Waals surface area contributed by atoms with Crippen molar-refractivity contribution in [1.29, 1.82) is 0 Å². The first kappa shape index (κ1) is 24.4. The summed E-state index contributed by atoms with van der Waals surface area (Å²) in [6.07, 6.45) is 2.10. The second-order valence-electron chi connectivity index (χ2n) is 9.17. The number of nitrogens with one attached hydrogen (secondary N) is 1. The molecule has 3 N–H and O–H groups in total. The smallest absolute Gasteiger partial charge is 0.240 e. The number of rotatable bonds is 9. The van der Waals surface area contributed by atoms with Crippen LogP contribution in [0.2, 0.25) is 0 Å². The summed E-state index contributed by atoms with van der Waals surface area (Å²) in [6.45, 7) is 9.58. The highest BCUT2D eigenvalue weighted by Crippen LogP contribution is 2.23. The quantitative estimate of drug-likeness (QED) is 0.455. The molecule has 34 heavy (non-hydrogen) atoms. The molecule has 0 spiro atoms. The van der Waals surface area contributed by atoms with Crippen molar-refractivity contribution in [3.05, 3.63) is 59.9 Å². The number of primary amides is 1. The van der Waals surface area contributed by atoms with E-state index in [9.17, 15) is 4.79 Å². The summed E-state index contributed by atoms with van der Waals surface area (Å²) in [5.74, 6) is 1.11. The van der Waals surface area contributed by atoms with Gasteiger partial charge in [-0.25, -0.2) is 9.97 Å². The predicted molar refractivity (Wildman–Crippen MR) is 140 cm³/mol. The zero-order valence-electron chi connectivity index (χ0n) is 20.2. The maximum Gasteiger partial charge on any atom is 0.240 e. The van der Waals surface area contributed by atoms with E-state index in [-0.39, 0.29) is 11.8 Å². The number of thioether (sulfide) groups is 1. The minimum Gasteiger partial charge on any atom is -0.368 e. The van der Waals surface area contributed by atoms with Crippen LogP contribution in [0.5, 0.6) is 0 Å². The van der Waals surface area contributed by atoms with Crippen LogP contribution in [0.1, 0.15) is 25.2 Å². The van der Waals surface area contributed by atoms with E-state index in [1.165, 1.54) is 10.5 Å². The molecule has 7 nitrogen and oxygen atoms in total. The molecule has 0 radical (unpaired) electrons. The Balaban J connectivity index is 1.42. The van der Waals surface area contributed by atoms with Gasteiger partial charge in [-0.1, -0.05) is 38.1 Å². The number of fused-ring (bicyclic) bond motifs is 1. The van der Waals surface area contributed by atoms with Gasteiger partial charge in [0.2, 0.25) is 5.91 Å². The molecule has 1 atom stereocenters.